The maximum absolute atomic E-state index is 9.47. The first-order chi connectivity index (χ1) is 7.18. The Morgan fingerprint density at radius 2 is 1.53 bits per heavy atom. The normalized spacial score (nSPS) is 10.1. The highest BCUT2D eigenvalue weighted by Gasteiger charge is 2.05. The van der Waals surface area contributed by atoms with Crippen LogP contribution in [-0.4, -0.2) is 5.11 Å². The number of phenolic OH excluding ortho intramolecular Hbond substituents is 1. The molecular weight excluding hydrogens is 188 g/mol. The van der Waals surface area contributed by atoms with Gasteiger partial charge in [0.1, 0.15) is 5.75 Å². The van der Waals surface area contributed by atoms with Gasteiger partial charge >= 0.3 is 0 Å². The van der Waals surface area contributed by atoms with Crippen molar-refractivity contribution >= 4 is 11.4 Å². The SMILES string of the molecule is Nc1ccc(-c2cccc(O)c2N)cc1. The summed E-state index contributed by atoms with van der Waals surface area (Å²) in [5, 5.41) is 9.47. The number of nitrogens with two attached hydrogens (primary N) is 2. The van der Waals surface area contributed by atoms with Crippen molar-refractivity contribution in [1.82, 2.24) is 0 Å². The van der Waals surface area contributed by atoms with E-state index in [0.29, 0.717) is 11.4 Å². The van der Waals surface area contributed by atoms with Crippen LogP contribution in [-0.2, 0) is 0 Å². The van der Waals surface area contributed by atoms with E-state index in [9.17, 15) is 5.11 Å². The molecule has 0 atom stereocenters. The molecule has 2 rings (SSSR count). The molecule has 3 heteroatoms. The second-order valence-electron chi connectivity index (χ2n) is 3.36. The van der Waals surface area contributed by atoms with Crippen molar-refractivity contribution < 1.29 is 5.11 Å². The first kappa shape index (κ1) is 9.40. The van der Waals surface area contributed by atoms with Gasteiger partial charge in [-0.3, -0.25) is 0 Å². The van der Waals surface area contributed by atoms with E-state index >= 15 is 0 Å². The van der Waals surface area contributed by atoms with Gasteiger partial charge in [-0.15, -0.1) is 0 Å². The molecule has 0 saturated heterocycles. The average Bonchev–Trinajstić information content (AvgIpc) is 2.24. The van der Waals surface area contributed by atoms with Gasteiger partial charge in [0.25, 0.3) is 0 Å². The van der Waals surface area contributed by atoms with Gasteiger partial charge in [0.15, 0.2) is 0 Å². The Morgan fingerprint density at radius 3 is 2.20 bits per heavy atom. The van der Waals surface area contributed by atoms with Crippen LogP contribution in [0.15, 0.2) is 42.5 Å². The molecule has 0 bridgehead atoms. The van der Waals surface area contributed by atoms with Crippen LogP contribution in [0.5, 0.6) is 5.75 Å². The molecule has 5 N–H and O–H groups in total. The van der Waals surface area contributed by atoms with Gasteiger partial charge in [-0.05, 0) is 23.8 Å². The van der Waals surface area contributed by atoms with E-state index in [-0.39, 0.29) is 5.75 Å². The van der Waals surface area contributed by atoms with Crippen molar-refractivity contribution in [1.29, 1.82) is 0 Å². The number of phenols is 1. The second-order valence-corrected chi connectivity index (χ2v) is 3.36. The van der Waals surface area contributed by atoms with E-state index in [4.69, 9.17) is 11.5 Å². The third kappa shape index (κ3) is 1.72. The summed E-state index contributed by atoms with van der Waals surface area (Å²) < 4.78 is 0. The molecule has 2 aromatic carbocycles. The zero-order valence-electron chi connectivity index (χ0n) is 8.14. The number of nitrogen functional groups attached to an aromatic ring is 2. The molecule has 0 radical (unpaired) electrons. The first-order valence-electron chi connectivity index (χ1n) is 4.62. The predicted molar refractivity (Wildman–Crippen MR) is 62.4 cm³/mol. The van der Waals surface area contributed by atoms with Crippen LogP contribution in [0.4, 0.5) is 11.4 Å². The minimum atomic E-state index is 0.101. The molecule has 0 aliphatic rings. The largest absolute Gasteiger partial charge is 0.506 e. The van der Waals surface area contributed by atoms with Crippen LogP contribution in [0.2, 0.25) is 0 Å². The molecule has 0 fully saturated rings. The van der Waals surface area contributed by atoms with Gasteiger partial charge in [0.2, 0.25) is 0 Å². The monoisotopic (exact) mass is 200 g/mol. The van der Waals surface area contributed by atoms with Gasteiger partial charge in [0, 0.05) is 11.3 Å². The summed E-state index contributed by atoms with van der Waals surface area (Å²) in [6, 6.07) is 12.5. The van der Waals surface area contributed by atoms with E-state index in [1.54, 1.807) is 24.3 Å². The van der Waals surface area contributed by atoms with Crippen LogP contribution < -0.4 is 11.5 Å². The number of benzene rings is 2. The van der Waals surface area contributed by atoms with Gasteiger partial charge in [-0.25, -0.2) is 0 Å². The minimum Gasteiger partial charge on any atom is -0.506 e. The predicted octanol–water partition coefficient (Wildman–Crippen LogP) is 2.22. The summed E-state index contributed by atoms with van der Waals surface area (Å²) in [6.07, 6.45) is 0. The molecule has 0 spiro atoms. The zero-order valence-corrected chi connectivity index (χ0v) is 8.14. The highest BCUT2D eigenvalue weighted by atomic mass is 16.3. The number of hydrogen-bond acceptors (Lipinski definition) is 3. The van der Waals surface area contributed by atoms with Crippen LogP contribution in [0, 0.1) is 0 Å². The Balaban J connectivity index is 2.54. The maximum atomic E-state index is 9.47. The van der Waals surface area contributed by atoms with Gasteiger partial charge in [-0.1, -0.05) is 24.3 Å². The van der Waals surface area contributed by atoms with Crippen molar-refractivity contribution in [3.63, 3.8) is 0 Å². The summed E-state index contributed by atoms with van der Waals surface area (Å²) in [6.45, 7) is 0. The number of aromatic hydroxyl groups is 1. The van der Waals surface area contributed by atoms with E-state index in [2.05, 4.69) is 0 Å². The van der Waals surface area contributed by atoms with E-state index in [0.717, 1.165) is 11.1 Å². The molecule has 76 valence electrons. The molecule has 0 saturated carbocycles. The van der Waals surface area contributed by atoms with Crippen molar-refractivity contribution in [3.8, 4) is 16.9 Å². The van der Waals surface area contributed by atoms with E-state index in [1.807, 2.05) is 18.2 Å². The number of anilines is 2. The van der Waals surface area contributed by atoms with Crippen molar-refractivity contribution in [2.45, 2.75) is 0 Å². The second kappa shape index (κ2) is 3.53. The van der Waals surface area contributed by atoms with Crippen LogP contribution in [0.25, 0.3) is 11.1 Å². The first-order valence-corrected chi connectivity index (χ1v) is 4.62. The quantitative estimate of drug-likeness (QED) is 0.488. The average molecular weight is 200 g/mol. The lowest BCUT2D eigenvalue weighted by molar-refractivity contribution is 0.478. The highest BCUT2D eigenvalue weighted by molar-refractivity contribution is 5.80. The van der Waals surface area contributed by atoms with Crippen LogP contribution >= 0.6 is 0 Å². The smallest absolute Gasteiger partial charge is 0.139 e. The van der Waals surface area contributed by atoms with Crippen LogP contribution in [0.1, 0.15) is 0 Å². The molecular formula is C12H12N2O. The lowest BCUT2D eigenvalue weighted by Gasteiger charge is -2.07. The fourth-order valence-electron chi connectivity index (χ4n) is 1.47. The highest BCUT2D eigenvalue weighted by Crippen LogP contribution is 2.32. The molecule has 0 heterocycles. The van der Waals surface area contributed by atoms with Crippen molar-refractivity contribution in [3.05, 3.63) is 42.5 Å². The Morgan fingerprint density at radius 1 is 0.867 bits per heavy atom. The molecule has 0 amide bonds. The molecule has 0 aliphatic heterocycles. The molecule has 15 heavy (non-hydrogen) atoms. The molecule has 0 aromatic heterocycles. The molecule has 0 aliphatic carbocycles. The number of para-hydroxylation sites is 1. The van der Waals surface area contributed by atoms with Crippen molar-refractivity contribution in [2.75, 3.05) is 11.5 Å². The summed E-state index contributed by atoms with van der Waals surface area (Å²) in [5.74, 6) is 0.101. The minimum absolute atomic E-state index is 0.101. The fraction of sp³-hybridized carbons (Fsp3) is 0. The third-order valence-corrected chi connectivity index (χ3v) is 2.30. The van der Waals surface area contributed by atoms with Gasteiger partial charge in [-0.2, -0.15) is 0 Å². The molecule has 2 aromatic rings. The molecule has 0 unspecified atom stereocenters. The fourth-order valence-corrected chi connectivity index (χ4v) is 1.47. The van der Waals surface area contributed by atoms with E-state index in [1.165, 1.54) is 0 Å². The third-order valence-electron chi connectivity index (χ3n) is 2.30. The topological polar surface area (TPSA) is 72.3 Å². The van der Waals surface area contributed by atoms with Crippen molar-refractivity contribution in [2.24, 2.45) is 0 Å². The maximum Gasteiger partial charge on any atom is 0.139 e. The Labute approximate surface area is 88.0 Å². The Bertz CT molecular complexity index is 477. The Hall–Kier alpha value is -2.16. The van der Waals surface area contributed by atoms with Crippen LogP contribution in [0.3, 0.4) is 0 Å². The van der Waals surface area contributed by atoms with Gasteiger partial charge < -0.3 is 16.6 Å². The molecule has 3 nitrogen and oxygen atoms in total. The van der Waals surface area contributed by atoms with Gasteiger partial charge in [0.05, 0.1) is 5.69 Å². The standard InChI is InChI=1S/C12H12N2O/c13-9-6-4-8(5-7-9)10-2-1-3-11(15)12(10)14/h1-7,15H,13-14H2. The summed E-state index contributed by atoms with van der Waals surface area (Å²) in [4.78, 5) is 0. The van der Waals surface area contributed by atoms with E-state index < -0.39 is 0 Å². The summed E-state index contributed by atoms with van der Waals surface area (Å²) >= 11 is 0. The lowest BCUT2D eigenvalue weighted by Crippen LogP contribution is -1.91. The summed E-state index contributed by atoms with van der Waals surface area (Å²) in [7, 11) is 0. The number of hydrogen-bond donors (Lipinski definition) is 3. The Kier molecular flexibility index (Phi) is 2.21. The zero-order chi connectivity index (χ0) is 10.8. The number of rotatable bonds is 1. The summed E-state index contributed by atoms with van der Waals surface area (Å²) in [5.41, 5.74) is 14.2. The lowest BCUT2D eigenvalue weighted by atomic mass is 10.0.